The van der Waals surface area contributed by atoms with Gasteiger partial charge in [0.1, 0.15) is 12.1 Å². The van der Waals surface area contributed by atoms with E-state index in [-0.39, 0.29) is 12.5 Å². The molecule has 0 radical (unpaired) electrons. The molecule has 1 aromatic heterocycles. The Morgan fingerprint density at radius 2 is 2.00 bits per heavy atom. The number of carbonyl (C=O) groups excluding carboxylic acids is 3. The van der Waals surface area contributed by atoms with E-state index in [0.717, 1.165) is 4.90 Å². The van der Waals surface area contributed by atoms with Crippen molar-refractivity contribution in [1.29, 1.82) is 0 Å². The predicted octanol–water partition coefficient (Wildman–Crippen LogP) is 1.28. The lowest BCUT2D eigenvalue weighted by atomic mass is 9.87. The van der Waals surface area contributed by atoms with E-state index in [4.69, 9.17) is 9.15 Å². The van der Waals surface area contributed by atoms with Gasteiger partial charge in [-0.15, -0.1) is 10.2 Å². The quantitative estimate of drug-likeness (QED) is 0.611. The van der Waals surface area contributed by atoms with Gasteiger partial charge in [0.2, 0.25) is 5.89 Å². The van der Waals surface area contributed by atoms with Gasteiger partial charge in [-0.3, -0.25) is 14.5 Å². The summed E-state index contributed by atoms with van der Waals surface area (Å²) in [6.07, 6.45) is 0.356. The van der Waals surface area contributed by atoms with E-state index in [1.54, 1.807) is 38.1 Å². The number of hydrogen-bond acceptors (Lipinski definition) is 7. The van der Waals surface area contributed by atoms with E-state index in [1.807, 2.05) is 6.07 Å². The fourth-order valence-electron chi connectivity index (χ4n) is 2.84. The zero-order valence-electron chi connectivity index (χ0n) is 14.4. The van der Waals surface area contributed by atoms with E-state index >= 15 is 0 Å². The van der Waals surface area contributed by atoms with E-state index in [0.29, 0.717) is 17.9 Å². The topological polar surface area (TPSA) is 115 Å². The summed E-state index contributed by atoms with van der Waals surface area (Å²) in [5, 5.41) is 10.0. The number of aryl methyl sites for hydroxylation is 1. The molecule has 0 spiro atoms. The Balaban J connectivity index is 1.69. The maximum atomic E-state index is 12.9. The van der Waals surface area contributed by atoms with Crippen molar-refractivity contribution < 1.29 is 23.5 Å². The Hall–Kier alpha value is -3.23. The van der Waals surface area contributed by atoms with Gasteiger partial charge in [-0.25, -0.2) is 4.79 Å². The summed E-state index contributed by atoms with van der Waals surface area (Å²) in [7, 11) is 0. The number of hydrogen-bond donors (Lipinski definition) is 1. The van der Waals surface area contributed by atoms with Gasteiger partial charge >= 0.3 is 12.0 Å². The van der Waals surface area contributed by atoms with Gasteiger partial charge in [0.25, 0.3) is 11.8 Å². The van der Waals surface area contributed by atoms with Crippen LogP contribution in [0.2, 0.25) is 0 Å². The summed E-state index contributed by atoms with van der Waals surface area (Å²) in [6.45, 7) is 2.69. The lowest BCUT2D eigenvalue weighted by molar-refractivity contribution is -0.149. The number of nitrogens with one attached hydrogen (secondary N) is 1. The minimum Gasteiger partial charge on any atom is -0.454 e. The summed E-state index contributed by atoms with van der Waals surface area (Å²) in [4.78, 5) is 38.0. The number of imide groups is 1. The first-order chi connectivity index (χ1) is 12.5. The van der Waals surface area contributed by atoms with Crippen LogP contribution in [-0.2, 0) is 26.5 Å². The molecule has 2 aromatic rings. The maximum Gasteiger partial charge on any atom is 0.326 e. The molecule has 26 heavy (non-hydrogen) atoms. The highest BCUT2D eigenvalue weighted by Crippen LogP contribution is 2.32. The van der Waals surface area contributed by atoms with Crippen LogP contribution in [0, 0.1) is 6.92 Å². The fourth-order valence-corrected chi connectivity index (χ4v) is 2.84. The molecule has 1 aromatic carbocycles. The number of aromatic nitrogens is 2. The Labute approximate surface area is 149 Å². The number of rotatable bonds is 6. The van der Waals surface area contributed by atoms with Gasteiger partial charge in [0.05, 0.1) is 0 Å². The van der Waals surface area contributed by atoms with Crippen LogP contribution in [0.3, 0.4) is 0 Å². The number of esters is 1. The molecule has 1 aliphatic rings. The van der Waals surface area contributed by atoms with Crippen LogP contribution in [0.25, 0.3) is 0 Å². The molecule has 9 nitrogen and oxygen atoms in total. The monoisotopic (exact) mass is 358 g/mol. The van der Waals surface area contributed by atoms with Crippen molar-refractivity contribution in [3.63, 3.8) is 0 Å². The summed E-state index contributed by atoms with van der Waals surface area (Å²) in [6, 6.07) is 8.29. The Bertz CT molecular complexity index is 835. The minimum absolute atomic E-state index is 0.139. The van der Waals surface area contributed by atoms with Crippen molar-refractivity contribution in [2.75, 3.05) is 6.54 Å². The molecule has 136 valence electrons. The van der Waals surface area contributed by atoms with Crippen molar-refractivity contribution in [3.8, 4) is 0 Å². The molecule has 3 rings (SSSR count). The SMILES string of the molecule is CCC1(c2ccccc2)NC(=O)N(CC(=O)OCc2nnc(C)o2)C1=O. The molecule has 1 atom stereocenters. The largest absolute Gasteiger partial charge is 0.454 e. The van der Waals surface area contributed by atoms with Gasteiger partial charge in [-0.2, -0.15) is 0 Å². The highest BCUT2D eigenvalue weighted by Gasteiger charge is 2.51. The zero-order chi connectivity index (χ0) is 18.7. The van der Waals surface area contributed by atoms with Crippen molar-refractivity contribution >= 4 is 17.9 Å². The Kier molecular flexibility index (Phi) is 4.70. The molecule has 2 heterocycles. The molecule has 1 fully saturated rings. The summed E-state index contributed by atoms with van der Waals surface area (Å²) < 4.78 is 10.1. The number of urea groups is 1. The second-order valence-corrected chi connectivity index (χ2v) is 5.82. The molecule has 0 saturated carbocycles. The van der Waals surface area contributed by atoms with E-state index < -0.39 is 30.0 Å². The van der Waals surface area contributed by atoms with E-state index in [2.05, 4.69) is 15.5 Å². The number of carbonyl (C=O) groups is 3. The molecule has 9 heteroatoms. The van der Waals surface area contributed by atoms with Crippen LogP contribution in [0.15, 0.2) is 34.7 Å². The second kappa shape index (κ2) is 6.95. The number of ether oxygens (including phenoxy) is 1. The molecular weight excluding hydrogens is 340 g/mol. The molecule has 1 saturated heterocycles. The molecule has 0 bridgehead atoms. The first-order valence-electron chi connectivity index (χ1n) is 8.10. The smallest absolute Gasteiger partial charge is 0.326 e. The standard InChI is InChI=1S/C17H18N4O5/c1-3-17(12-7-5-4-6-8-12)15(23)21(16(24)18-17)9-14(22)25-10-13-20-19-11(2)26-13/h4-8H,3,9-10H2,1-2H3,(H,18,24). The Morgan fingerprint density at radius 1 is 1.27 bits per heavy atom. The third-order valence-electron chi connectivity index (χ3n) is 4.18. The summed E-state index contributed by atoms with van der Waals surface area (Å²) in [5.41, 5.74) is -0.513. The molecular formula is C17H18N4O5. The average molecular weight is 358 g/mol. The highest BCUT2D eigenvalue weighted by atomic mass is 16.5. The normalized spacial score (nSPS) is 19.5. The summed E-state index contributed by atoms with van der Waals surface area (Å²) in [5.74, 6) is -0.743. The van der Waals surface area contributed by atoms with Crippen molar-refractivity contribution in [3.05, 3.63) is 47.7 Å². The molecule has 3 amide bonds. The van der Waals surface area contributed by atoms with Crippen LogP contribution in [0.4, 0.5) is 4.79 Å². The molecule has 1 aliphatic heterocycles. The number of amides is 3. The van der Waals surface area contributed by atoms with Gasteiger partial charge in [-0.1, -0.05) is 37.3 Å². The molecule has 1 unspecified atom stereocenters. The van der Waals surface area contributed by atoms with Crippen molar-refractivity contribution in [2.45, 2.75) is 32.4 Å². The Morgan fingerprint density at radius 3 is 2.62 bits per heavy atom. The first kappa shape index (κ1) is 17.6. The van der Waals surface area contributed by atoms with Gasteiger partial charge in [-0.05, 0) is 12.0 Å². The van der Waals surface area contributed by atoms with Gasteiger partial charge < -0.3 is 14.5 Å². The maximum absolute atomic E-state index is 12.9. The van der Waals surface area contributed by atoms with Gasteiger partial charge in [0.15, 0.2) is 6.61 Å². The van der Waals surface area contributed by atoms with Crippen LogP contribution >= 0.6 is 0 Å². The van der Waals surface area contributed by atoms with Crippen LogP contribution in [-0.4, -0.2) is 39.5 Å². The number of nitrogens with zero attached hydrogens (tertiary/aromatic N) is 3. The zero-order valence-corrected chi connectivity index (χ0v) is 14.4. The molecule has 0 aliphatic carbocycles. The van der Waals surface area contributed by atoms with Crippen molar-refractivity contribution in [1.82, 2.24) is 20.4 Å². The first-order valence-corrected chi connectivity index (χ1v) is 8.10. The minimum atomic E-state index is -1.18. The molecule has 1 N–H and O–H groups in total. The third kappa shape index (κ3) is 3.15. The van der Waals surface area contributed by atoms with Crippen LogP contribution in [0.5, 0.6) is 0 Å². The van der Waals surface area contributed by atoms with E-state index in [9.17, 15) is 14.4 Å². The number of benzene rings is 1. The second-order valence-electron chi connectivity index (χ2n) is 5.82. The lowest BCUT2D eigenvalue weighted by Gasteiger charge is -2.25. The third-order valence-corrected chi connectivity index (χ3v) is 4.18. The van der Waals surface area contributed by atoms with E-state index in [1.165, 1.54) is 0 Å². The average Bonchev–Trinajstić information content (AvgIpc) is 3.17. The summed E-state index contributed by atoms with van der Waals surface area (Å²) >= 11 is 0. The van der Waals surface area contributed by atoms with Crippen LogP contribution in [0.1, 0.15) is 30.7 Å². The fraction of sp³-hybridized carbons (Fsp3) is 0.353. The predicted molar refractivity (Wildman–Crippen MR) is 87.5 cm³/mol. The van der Waals surface area contributed by atoms with Gasteiger partial charge in [0, 0.05) is 6.92 Å². The van der Waals surface area contributed by atoms with Crippen molar-refractivity contribution in [2.24, 2.45) is 0 Å². The van der Waals surface area contributed by atoms with Crippen LogP contribution < -0.4 is 5.32 Å². The highest BCUT2D eigenvalue weighted by molar-refractivity contribution is 6.09. The lowest BCUT2D eigenvalue weighted by Crippen LogP contribution is -2.43.